The van der Waals surface area contributed by atoms with E-state index in [4.69, 9.17) is 15.9 Å². The van der Waals surface area contributed by atoms with Gasteiger partial charge in [0.1, 0.15) is 12.4 Å². The zero-order valence-corrected chi connectivity index (χ0v) is 21.9. The molecule has 2 atom stereocenters. The summed E-state index contributed by atoms with van der Waals surface area (Å²) in [5.74, 6) is -0.590. The highest BCUT2D eigenvalue weighted by molar-refractivity contribution is 5.95. The molecule has 0 bridgehead atoms. The molecular weight excluding hydrogens is 476 g/mol. The summed E-state index contributed by atoms with van der Waals surface area (Å²) in [6, 6.07) is 8.09. The minimum Gasteiger partial charge on any atom is -0.468 e. The third kappa shape index (κ3) is 8.43. The molecule has 1 aromatic carbocycles. The van der Waals surface area contributed by atoms with Crippen LogP contribution in [0.15, 0.2) is 24.3 Å². The first-order valence-corrected chi connectivity index (χ1v) is 13.0. The molecule has 4 N–H and O–H groups in total. The Bertz CT molecular complexity index is 932. The van der Waals surface area contributed by atoms with Gasteiger partial charge in [0.25, 0.3) is 0 Å². The monoisotopic (exact) mass is 516 g/mol. The van der Waals surface area contributed by atoms with Crippen molar-refractivity contribution in [3.63, 3.8) is 0 Å². The van der Waals surface area contributed by atoms with Crippen molar-refractivity contribution in [2.75, 3.05) is 71.0 Å². The van der Waals surface area contributed by atoms with E-state index in [0.29, 0.717) is 25.5 Å². The second kappa shape index (κ2) is 13.9. The van der Waals surface area contributed by atoms with Gasteiger partial charge in [-0.25, -0.2) is 0 Å². The lowest BCUT2D eigenvalue weighted by atomic mass is 9.86. The minimum atomic E-state index is -0.474. The van der Waals surface area contributed by atoms with Crippen molar-refractivity contribution in [3.8, 4) is 0 Å². The van der Waals surface area contributed by atoms with Crippen LogP contribution in [0.3, 0.4) is 0 Å². The van der Waals surface area contributed by atoms with E-state index in [9.17, 15) is 14.4 Å². The molecule has 1 amide bonds. The average molecular weight is 517 g/mol. The largest absolute Gasteiger partial charge is 0.468 e. The predicted octanol–water partition coefficient (Wildman–Crippen LogP) is 0.416. The number of nitrogens with zero attached hydrogens (tertiary/aromatic N) is 3. The fourth-order valence-electron chi connectivity index (χ4n) is 5.20. The third-order valence-electron chi connectivity index (χ3n) is 7.16. The molecule has 2 heterocycles. The molecule has 11 heteroatoms. The molecule has 0 spiro atoms. The average Bonchev–Trinajstić information content (AvgIpc) is 2.91. The van der Waals surface area contributed by atoms with Crippen LogP contribution in [-0.2, 0) is 23.9 Å². The molecular formula is C26H40N6O5. The molecule has 37 heavy (non-hydrogen) atoms. The van der Waals surface area contributed by atoms with Gasteiger partial charge < -0.3 is 25.4 Å². The van der Waals surface area contributed by atoms with E-state index in [1.807, 2.05) is 24.3 Å². The Hall–Kier alpha value is -3.18. The number of piperidine rings is 1. The van der Waals surface area contributed by atoms with Crippen molar-refractivity contribution in [1.82, 2.24) is 15.1 Å². The predicted molar refractivity (Wildman–Crippen MR) is 140 cm³/mol. The van der Waals surface area contributed by atoms with Gasteiger partial charge in [-0.05, 0) is 49.9 Å². The molecule has 2 saturated heterocycles. The Morgan fingerprint density at radius 3 is 2.41 bits per heavy atom. The standard InChI is InChI=1S/C26H40N6O5/c1-3-37-25(35)18-30-11-10-22(20(17-30)6-9-23(33)29-16-24(34)36-2)32-14-12-31(13-15-32)21-7-4-19(5-8-21)26(27)28/h4-5,7-8,20,22H,3,6,9-18H2,1-2H3,(H3,27,28)(H,29,33). The van der Waals surface area contributed by atoms with E-state index >= 15 is 0 Å². The highest BCUT2D eigenvalue weighted by Crippen LogP contribution is 2.28. The molecule has 3 rings (SSSR count). The van der Waals surface area contributed by atoms with Gasteiger partial charge in [-0.15, -0.1) is 0 Å². The lowest BCUT2D eigenvalue weighted by Crippen LogP contribution is -2.57. The molecule has 11 nitrogen and oxygen atoms in total. The van der Waals surface area contributed by atoms with E-state index < -0.39 is 5.97 Å². The Balaban J connectivity index is 1.59. The van der Waals surface area contributed by atoms with Crippen molar-refractivity contribution < 1.29 is 23.9 Å². The topological polar surface area (TPSA) is 141 Å². The number of carbonyl (C=O) groups excluding carboxylic acids is 3. The number of carbonyl (C=O) groups is 3. The molecule has 2 unspecified atom stereocenters. The zero-order valence-electron chi connectivity index (χ0n) is 21.9. The lowest BCUT2D eigenvalue weighted by Gasteiger charge is -2.47. The van der Waals surface area contributed by atoms with E-state index in [2.05, 4.69) is 24.8 Å². The number of amides is 1. The number of methoxy groups -OCH3 is 1. The summed E-state index contributed by atoms with van der Waals surface area (Å²) in [5, 5.41) is 10.2. The minimum absolute atomic E-state index is 0.0655. The maximum atomic E-state index is 12.4. The van der Waals surface area contributed by atoms with Crippen LogP contribution in [0.25, 0.3) is 0 Å². The summed E-state index contributed by atoms with van der Waals surface area (Å²) in [6.45, 7) is 7.40. The molecule has 2 fully saturated rings. The summed E-state index contributed by atoms with van der Waals surface area (Å²) in [7, 11) is 1.29. The Labute approximate surface area is 218 Å². The second-order valence-electron chi connectivity index (χ2n) is 9.53. The molecule has 2 aliphatic heterocycles. The van der Waals surface area contributed by atoms with E-state index in [-0.39, 0.29) is 36.7 Å². The van der Waals surface area contributed by atoms with Gasteiger partial charge in [0.2, 0.25) is 5.91 Å². The van der Waals surface area contributed by atoms with Crippen molar-refractivity contribution in [1.29, 1.82) is 5.41 Å². The SMILES string of the molecule is CCOC(=O)CN1CCC(N2CCN(c3ccc(C(=N)N)cc3)CC2)C(CCC(=O)NCC(=O)OC)C1. The number of likely N-dealkylation sites (tertiary alicyclic amines) is 1. The normalized spacial score (nSPS) is 20.8. The van der Waals surface area contributed by atoms with Gasteiger partial charge in [0.15, 0.2) is 0 Å². The number of benzene rings is 1. The fourth-order valence-corrected chi connectivity index (χ4v) is 5.20. The van der Waals surface area contributed by atoms with Gasteiger partial charge in [-0.3, -0.25) is 29.6 Å². The number of anilines is 1. The van der Waals surface area contributed by atoms with Crippen LogP contribution in [0.4, 0.5) is 5.69 Å². The number of nitrogens with one attached hydrogen (secondary N) is 2. The number of piperazine rings is 1. The first-order valence-electron chi connectivity index (χ1n) is 13.0. The molecule has 1 aromatic rings. The maximum Gasteiger partial charge on any atom is 0.325 e. The van der Waals surface area contributed by atoms with Crippen molar-refractivity contribution in [2.24, 2.45) is 11.7 Å². The fraction of sp³-hybridized carbons (Fsp3) is 0.615. The van der Waals surface area contributed by atoms with Crippen LogP contribution < -0.4 is 16.0 Å². The number of rotatable bonds is 11. The molecule has 2 aliphatic rings. The van der Waals surface area contributed by atoms with Crippen LogP contribution >= 0.6 is 0 Å². The molecule has 204 valence electrons. The number of amidine groups is 1. The van der Waals surface area contributed by atoms with Gasteiger partial charge in [0.05, 0.1) is 20.3 Å². The van der Waals surface area contributed by atoms with E-state index in [0.717, 1.165) is 56.9 Å². The summed E-state index contributed by atoms with van der Waals surface area (Å²) in [5.41, 5.74) is 7.41. The summed E-state index contributed by atoms with van der Waals surface area (Å²) >= 11 is 0. The smallest absolute Gasteiger partial charge is 0.325 e. The van der Waals surface area contributed by atoms with Gasteiger partial charge in [0, 0.05) is 63.0 Å². The van der Waals surface area contributed by atoms with Gasteiger partial charge >= 0.3 is 11.9 Å². The van der Waals surface area contributed by atoms with Crippen LogP contribution in [0.1, 0.15) is 31.7 Å². The van der Waals surface area contributed by atoms with Gasteiger partial charge in [-0.2, -0.15) is 0 Å². The second-order valence-corrected chi connectivity index (χ2v) is 9.53. The summed E-state index contributed by atoms with van der Waals surface area (Å²) < 4.78 is 9.73. The Morgan fingerprint density at radius 1 is 1.08 bits per heavy atom. The quantitative estimate of drug-likeness (QED) is 0.217. The number of nitrogens with two attached hydrogens (primary N) is 1. The number of hydrogen-bond acceptors (Lipinski definition) is 9. The number of esters is 2. The Morgan fingerprint density at radius 2 is 1.78 bits per heavy atom. The van der Waals surface area contributed by atoms with E-state index in [1.54, 1.807) is 6.92 Å². The molecule has 0 saturated carbocycles. The van der Waals surface area contributed by atoms with Crippen LogP contribution in [0.2, 0.25) is 0 Å². The van der Waals surface area contributed by atoms with Crippen LogP contribution in [-0.4, -0.2) is 106 Å². The van der Waals surface area contributed by atoms with Crippen molar-refractivity contribution in [3.05, 3.63) is 29.8 Å². The van der Waals surface area contributed by atoms with Crippen LogP contribution in [0.5, 0.6) is 0 Å². The van der Waals surface area contributed by atoms with Crippen molar-refractivity contribution >= 4 is 29.4 Å². The highest BCUT2D eigenvalue weighted by atomic mass is 16.5. The number of hydrogen-bond donors (Lipinski definition) is 3. The van der Waals surface area contributed by atoms with E-state index in [1.165, 1.54) is 7.11 Å². The maximum absolute atomic E-state index is 12.4. The highest BCUT2D eigenvalue weighted by Gasteiger charge is 2.35. The number of ether oxygens (including phenoxy) is 2. The first-order chi connectivity index (χ1) is 17.8. The Kier molecular flexibility index (Phi) is 10.7. The third-order valence-corrected chi connectivity index (χ3v) is 7.16. The molecule has 0 radical (unpaired) electrons. The van der Waals surface area contributed by atoms with Crippen LogP contribution in [0, 0.1) is 11.3 Å². The van der Waals surface area contributed by atoms with Gasteiger partial charge in [-0.1, -0.05) is 0 Å². The molecule has 0 aromatic heterocycles. The summed E-state index contributed by atoms with van der Waals surface area (Å²) in [4.78, 5) is 42.7. The lowest BCUT2D eigenvalue weighted by molar-refractivity contribution is -0.145. The summed E-state index contributed by atoms with van der Waals surface area (Å²) in [6.07, 6.45) is 1.90. The zero-order chi connectivity index (χ0) is 26.8. The molecule has 0 aliphatic carbocycles. The van der Waals surface area contributed by atoms with Crippen molar-refractivity contribution in [2.45, 2.75) is 32.2 Å². The first kappa shape index (κ1) is 28.4. The number of nitrogen functional groups attached to an aromatic ring is 1.